The van der Waals surface area contributed by atoms with Crippen LogP contribution in [0.5, 0.6) is 0 Å². The molecule has 0 atom stereocenters. The fourth-order valence-electron chi connectivity index (χ4n) is 3.02. The van der Waals surface area contributed by atoms with Crippen LogP contribution >= 0.6 is 0 Å². The second-order valence-corrected chi connectivity index (χ2v) is 7.05. The second-order valence-electron chi connectivity index (χ2n) is 7.05. The lowest BCUT2D eigenvalue weighted by Crippen LogP contribution is -2.26. The average molecular weight is 370 g/mol. The molecule has 0 bridgehead atoms. The molecule has 0 saturated carbocycles. The van der Waals surface area contributed by atoms with Gasteiger partial charge in [-0.15, -0.1) is 0 Å². The number of anilines is 1. The summed E-state index contributed by atoms with van der Waals surface area (Å²) in [5.41, 5.74) is 6.91. The number of nitrogens with zero attached hydrogens (tertiary/aromatic N) is 3. The van der Waals surface area contributed by atoms with E-state index in [1.807, 2.05) is 0 Å². The van der Waals surface area contributed by atoms with Crippen LogP contribution in [0.3, 0.4) is 0 Å². The first kappa shape index (κ1) is 18.6. The topological polar surface area (TPSA) is 109 Å². The summed E-state index contributed by atoms with van der Waals surface area (Å²) >= 11 is 0. The Labute approximate surface area is 156 Å². The van der Waals surface area contributed by atoms with E-state index < -0.39 is 17.5 Å². The fourth-order valence-corrected chi connectivity index (χ4v) is 3.02. The molecule has 2 N–H and O–H groups in total. The van der Waals surface area contributed by atoms with E-state index in [1.165, 1.54) is 6.33 Å². The quantitative estimate of drug-likeness (QED) is 0.703. The number of nitrogens with two attached hydrogens (primary N) is 1. The summed E-state index contributed by atoms with van der Waals surface area (Å²) in [5.74, 6) is -0.660. The van der Waals surface area contributed by atoms with Gasteiger partial charge in [0.25, 0.3) is 0 Å². The van der Waals surface area contributed by atoms with Crippen molar-refractivity contribution in [3.63, 3.8) is 0 Å². The molecule has 3 aromatic rings. The lowest BCUT2D eigenvalue weighted by Gasteiger charge is -2.20. The monoisotopic (exact) mass is 370 g/mol. The summed E-state index contributed by atoms with van der Waals surface area (Å²) in [7, 11) is 0. The van der Waals surface area contributed by atoms with Crippen molar-refractivity contribution < 1.29 is 19.1 Å². The molecule has 0 saturated heterocycles. The molecule has 0 aliphatic heterocycles. The minimum absolute atomic E-state index is 0.0694. The number of carbonyl (C=O) groups excluding carboxylic acids is 2. The van der Waals surface area contributed by atoms with Crippen LogP contribution < -0.4 is 5.73 Å². The Morgan fingerprint density at radius 3 is 2.59 bits per heavy atom. The molecule has 2 heterocycles. The van der Waals surface area contributed by atoms with Crippen LogP contribution in [0.1, 0.15) is 38.1 Å². The van der Waals surface area contributed by atoms with Crippen molar-refractivity contribution in [3.05, 3.63) is 30.1 Å². The molecule has 8 nitrogen and oxygen atoms in total. The van der Waals surface area contributed by atoms with Crippen LogP contribution in [-0.2, 0) is 20.8 Å². The molecule has 3 rings (SSSR count). The van der Waals surface area contributed by atoms with Gasteiger partial charge in [-0.25, -0.2) is 14.8 Å². The van der Waals surface area contributed by atoms with Gasteiger partial charge in [-0.3, -0.25) is 4.79 Å². The van der Waals surface area contributed by atoms with E-state index in [0.717, 1.165) is 0 Å². The van der Waals surface area contributed by atoms with Crippen LogP contribution in [0, 0.1) is 0 Å². The van der Waals surface area contributed by atoms with Crippen molar-refractivity contribution in [1.82, 2.24) is 14.5 Å². The molecular weight excluding hydrogens is 348 g/mol. The van der Waals surface area contributed by atoms with Gasteiger partial charge in [0.05, 0.1) is 23.1 Å². The third-order valence-corrected chi connectivity index (χ3v) is 3.90. The molecule has 8 heteroatoms. The predicted octanol–water partition coefficient (Wildman–Crippen LogP) is 2.69. The Morgan fingerprint density at radius 2 is 1.93 bits per heavy atom. The maximum Gasteiger partial charge on any atom is 0.338 e. The number of nitrogen functional groups attached to an aromatic ring is 1. The van der Waals surface area contributed by atoms with Gasteiger partial charge in [0, 0.05) is 5.39 Å². The van der Waals surface area contributed by atoms with Crippen LogP contribution in [0.4, 0.5) is 5.82 Å². The Bertz CT molecular complexity index is 1030. The van der Waals surface area contributed by atoms with Gasteiger partial charge < -0.3 is 19.8 Å². The molecule has 27 heavy (non-hydrogen) atoms. The molecule has 0 aliphatic rings. The first-order chi connectivity index (χ1) is 12.7. The van der Waals surface area contributed by atoms with Crippen molar-refractivity contribution in [2.75, 3.05) is 12.3 Å². The Kier molecular flexibility index (Phi) is 4.73. The summed E-state index contributed by atoms with van der Waals surface area (Å²) in [5, 5.41) is 1.08. The Balaban J connectivity index is 2.24. The molecule has 142 valence electrons. The lowest BCUT2D eigenvalue weighted by molar-refractivity contribution is -0.155. The van der Waals surface area contributed by atoms with Crippen LogP contribution in [0.2, 0.25) is 0 Å². The third-order valence-electron chi connectivity index (χ3n) is 3.90. The highest BCUT2D eigenvalue weighted by Gasteiger charge is 2.24. The predicted molar refractivity (Wildman–Crippen MR) is 101 cm³/mol. The first-order valence-electron chi connectivity index (χ1n) is 8.63. The largest absolute Gasteiger partial charge is 0.462 e. The van der Waals surface area contributed by atoms with Gasteiger partial charge in [0.2, 0.25) is 0 Å². The van der Waals surface area contributed by atoms with Crippen molar-refractivity contribution in [3.8, 4) is 0 Å². The number of hydrogen-bond donors (Lipinski definition) is 1. The van der Waals surface area contributed by atoms with Crippen molar-refractivity contribution >= 4 is 39.7 Å². The van der Waals surface area contributed by atoms with E-state index in [2.05, 4.69) is 9.97 Å². The summed E-state index contributed by atoms with van der Waals surface area (Å²) in [6, 6.07) is 5.18. The minimum atomic E-state index is -0.611. The van der Waals surface area contributed by atoms with Crippen LogP contribution in [-0.4, -0.2) is 38.7 Å². The van der Waals surface area contributed by atoms with Gasteiger partial charge in [-0.2, -0.15) is 0 Å². The molecule has 2 aromatic heterocycles. The van der Waals surface area contributed by atoms with Gasteiger partial charge in [0.15, 0.2) is 0 Å². The zero-order valence-corrected chi connectivity index (χ0v) is 15.8. The summed E-state index contributed by atoms with van der Waals surface area (Å²) in [6.45, 7) is 7.32. The smallest absolute Gasteiger partial charge is 0.338 e. The number of carbonyl (C=O) groups is 2. The summed E-state index contributed by atoms with van der Waals surface area (Å²) < 4.78 is 12.3. The highest BCUT2D eigenvalue weighted by atomic mass is 16.6. The Morgan fingerprint density at radius 1 is 1.19 bits per heavy atom. The number of hydrogen-bond acceptors (Lipinski definition) is 7. The van der Waals surface area contributed by atoms with E-state index >= 15 is 0 Å². The Hall–Kier alpha value is -3.16. The molecular formula is C19H22N4O4. The van der Waals surface area contributed by atoms with Crippen molar-refractivity contribution in [2.24, 2.45) is 0 Å². The van der Waals surface area contributed by atoms with Crippen LogP contribution in [0.25, 0.3) is 21.9 Å². The molecule has 0 unspecified atom stereocenters. The SMILES string of the molecule is CCOC(=O)c1cccc2c1c1c(N)ncnc1n2CC(=O)OC(C)(C)C. The summed E-state index contributed by atoms with van der Waals surface area (Å²) in [4.78, 5) is 33.2. The number of esters is 2. The van der Waals surface area contributed by atoms with Crippen molar-refractivity contribution in [1.29, 1.82) is 0 Å². The molecule has 0 amide bonds. The zero-order chi connectivity index (χ0) is 19.8. The highest BCUT2D eigenvalue weighted by molar-refractivity contribution is 6.19. The number of fused-ring (bicyclic) bond motifs is 3. The van der Waals surface area contributed by atoms with Crippen LogP contribution in [0.15, 0.2) is 24.5 Å². The molecule has 0 radical (unpaired) electrons. The standard InChI is InChI=1S/C19H22N4O4/c1-5-26-18(25)11-7-6-8-12-14(11)15-16(20)21-10-22-17(15)23(12)9-13(24)27-19(2,3)4/h6-8,10H,5,9H2,1-4H3,(H2,20,21,22). The van der Waals surface area contributed by atoms with Gasteiger partial charge in [-0.05, 0) is 39.8 Å². The van der Waals surface area contributed by atoms with E-state index in [-0.39, 0.29) is 19.0 Å². The normalized spacial score (nSPS) is 11.7. The maximum atomic E-state index is 12.4. The van der Waals surface area contributed by atoms with E-state index in [9.17, 15) is 9.59 Å². The number of benzene rings is 1. The van der Waals surface area contributed by atoms with Gasteiger partial charge in [0.1, 0.15) is 29.9 Å². The highest BCUT2D eigenvalue weighted by Crippen LogP contribution is 2.33. The molecule has 0 fully saturated rings. The van der Waals surface area contributed by atoms with Crippen molar-refractivity contribution in [2.45, 2.75) is 39.8 Å². The fraction of sp³-hybridized carbons (Fsp3) is 0.368. The summed E-state index contributed by atoms with van der Waals surface area (Å²) in [6.07, 6.45) is 1.33. The van der Waals surface area contributed by atoms with Gasteiger partial charge >= 0.3 is 11.9 Å². The van der Waals surface area contributed by atoms with E-state index in [1.54, 1.807) is 50.5 Å². The molecule has 0 aliphatic carbocycles. The zero-order valence-electron chi connectivity index (χ0n) is 15.8. The lowest BCUT2D eigenvalue weighted by atomic mass is 10.1. The number of rotatable bonds is 4. The van der Waals surface area contributed by atoms with Gasteiger partial charge in [-0.1, -0.05) is 6.07 Å². The maximum absolute atomic E-state index is 12.4. The number of ether oxygens (including phenoxy) is 2. The van der Waals surface area contributed by atoms with E-state index in [0.29, 0.717) is 27.5 Å². The second kappa shape index (κ2) is 6.86. The third kappa shape index (κ3) is 3.55. The minimum Gasteiger partial charge on any atom is -0.462 e. The first-order valence-corrected chi connectivity index (χ1v) is 8.63. The number of aromatic nitrogens is 3. The molecule has 1 aromatic carbocycles. The average Bonchev–Trinajstić information content (AvgIpc) is 2.89. The molecule has 0 spiro atoms. The van der Waals surface area contributed by atoms with E-state index in [4.69, 9.17) is 15.2 Å².